The van der Waals surface area contributed by atoms with Gasteiger partial charge in [0.2, 0.25) is 0 Å². The molecule has 0 fully saturated rings. The van der Waals surface area contributed by atoms with Crippen molar-refractivity contribution in [3.8, 4) is 0 Å². The monoisotopic (exact) mass is 355 g/mol. The molecule has 3 aromatic rings. The maximum Gasteiger partial charge on any atom is 0.0345 e. The van der Waals surface area contributed by atoms with E-state index in [1.807, 2.05) is 13.3 Å². The summed E-state index contributed by atoms with van der Waals surface area (Å²) in [5, 5.41) is 0. The van der Waals surface area contributed by atoms with Gasteiger partial charge in [0, 0.05) is 19.2 Å². The van der Waals surface area contributed by atoms with Crippen molar-refractivity contribution in [1.82, 2.24) is 0 Å². The average Bonchev–Trinajstić information content (AvgIpc) is 2.67. The van der Waals surface area contributed by atoms with Gasteiger partial charge in [-0.05, 0) is 72.2 Å². The van der Waals surface area contributed by atoms with Crippen molar-refractivity contribution in [2.24, 2.45) is 4.99 Å². The molecule has 0 spiro atoms. The minimum Gasteiger partial charge on any atom is -0.296 e. The van der Waals surface area contributed by atoms with Gasteiger partial charge in [-0.3, -0.25) is 4.99 Å². The molecule has 1 heteroatoms. The normalized spacial score (nSPS) is 12.5. The van der Waals surface area contributed by atoms with Crippen LogP contribution < -0.4 is 0 Å². The Bertz CT molecular complexity index is 948. The summed E-state index contributed by atoms with van der Waals surface area (Å²) in [6, 6.07) is 22.5. The first-order valence-corrected chi connectivity index (χ1v) is 9.72. The van der Waals surface area contributed by atoms with Crippen LogP contribution in [0.25, 0.3) is 0 Å². The fourth-order valence-corrected chi connectivity index (χ4v) is 3.71. The second-order valence-corrected chi connectivity index (χ2v) is 7.39. The van der Waals surface area contributed by atoms with Crippen molar-refractivity contribution in [2.45, 2.75) is 40.0 Å². The van der Waals surface area contributed by atoms with Crippen LogP contribution in [0.5, 0.6) is 0 Å². The van der Waals surface area contributed by atoms with Crippen molar-refractivity contribution in [2.75, 3.05) is 7.05 Å². The highest BCUT2D eigenvalue weighted by molar-refractivity contribution is 5.80. The van der Waals surface area contributed by atoms with Gasteiger partial charge < -0.3 is 0 Å². The summed E-state index contributed by atoms with van der Waals surface area (Å²) in [6.45, 7) is 8.80. The molecule has 0 aliphatic carbocycles. The standard InChI is InChI=1S/C26H29N/c1-6-21-11-9-19(3)24(15-21)26(23-13-7-18(2)8-14-23)25-16-22(17-27-5)12-10-20(25)4/h7-17,26H,6H2,1-5H3. The van der Waals surface area contributed by atoms with E-state index < -0.39 is 0 Å². The van der Waals surface area contributed by atoms with Gasteiger partial charge in [0.25, 0.3) is 0 Å². The molecule has 0 N–H and O–H groups in total. The van der Waals surface area contributed by atoms with E-state index in [1.54, 1.807) is 0 Å². The number of hydrogen-bond acceptors (Lipinski definition) is 1. The Kier molecular flexibility index (Phi) is 5.91. The molecule has 3 aromatic carbocycles. The summed E-state index contributed by atoms with van der Waals surface area (Å²) in [5.74, 6) is 0.224. The Morgan fingerprint density at radius 2 is 1.44 bits per heavy atom. The number of aryl methyl sites for hydroxylation is 4. The molecule has 1 unspecified atom stereocenters. The van der Waals surface area contributed by atoms with E-state index in [4.69, 9.17) is 0 Å². The fourth-order valence-electron chi connectivity index (χ4n) is 3.71. The average molecular weight is 356 g/mol. The third-order valence-corrected chi connectivity index (χ3v) is 5.37. The number of rotatable bonds is 5. The van der Waals surface area contributed by atoms with E-state index >= 15 is 0 Å². The number of hydrogen-bond donors (Lipinski definition) is 0. The molecule has 0 radical (unpaired) electrons. The SMILES string of the molecule is CCc1ccc(C)c(C(c2ccc(C)cc2)c2cc(C=NC)ccc2C)c1. The van der Waals surface area contributed by atoms with Crippen LogP contribution in [0.2, 0.25) is 0 Å². The fraction of sp³-hybridized carbons (Fsp3) is 0.269. The lowest BCUT2D eigenvalue weighted by Gasteiger charge is -2.24. The van der Waals surface area contributed by atoms with E-state index in [1.165, 1.54) is 38.9 Å². The van der Waals surface area contributed by atoms with Gasteiger partial charge in [0.15, 0.2) is 0 Å². The topological polar surface area (TPSA) is 12.4 Å². The third kappa shape index (κ3) is 4.19. The lowest BCUT2D eigenvalue weighted by atomic mass is 9.80. The largest absolute Gasteiger partial charge is 0.296 e. The van der Waals surface area contributed by atoms with Crippen LogP contribution >= 0.6 is 0 Å². The maximum atomic E-state index is 4.21. The Balaban J connectivity index is 2.26. The Hall–Kier alpha value is -2.67. The molecule has 3 rings (SSSR count). The predicted octanol–water partition coefficient (Wildman–Crippen LogP) is 6.40. The van der Waals surface area contributed by atoms with E-state index in [0.717, 1.165) is 12.0 Å². The first kappa shape index (κ1) is 19.1. The van der Waals surface area contributed by atoms with Crippen molar-refractivity contribution in [1.29, 1.82) is 0 Å². The summed E-state index contributed by atoms with van der Waals surface area (Å²) in [7, 11) is 1.83. The number of benzene rings is 3. The van der Waals surface area contributed by atoms with E-state index in [9.17, 15) is 0 Å². The summed E-state index contributed by atoms with van der Waals surface area (Å²) >= 11 is 0. The highest BCUT2D eigenvalue weighted by Gasteiger charge is 2.21. The summed E-state index contributed by atoms with van der Waals surface area (Å²) < 4.78 is 0. The zero-order valence-corrected chi connectivity index (χ0v) is 17.1. The zero-order valence-electron chi connectivity index (χ0n) is 17.1. The van der Waals surface area contributed by atoms with Gasteiger partial charge in [0.05, 0.1) is 0 Å². The van der Waals surface area contributed by atoms with Crippen molar-refractivity contribution in [3.63, 3.8) is 0 Å². The molecular formula is C26H29N. The molecule has 1 nitrogen and oxygen atoms in total. The second kappa shape index (κ2) is 8.35. The van der Waals surface area contributed by atoms with Gasteiger partial charge in [-0.2, -0.15) is 0 Å². The van der Waals surface area contributed by atoms with E-state index in [2.05, 4.69) is 93.4 Å². The predicted molar refractivity (Wildman–Crippen MR) is 117 cm³/mol. The highest BCUT2D eigenvalue weighted by atomic mass is 14.6. The molecular weight excluding hydrogens is 326 g/mol. The molecule has 0 saturated carbocycles. The van der Waals surface area contributed by atoms with Crippen molar-refractivity contribution in [3.05, 3.63) is 105 Å². The smallest absolute Gasteiger partial charge is 0.0345 e. The van der Waals surface area contributed by atoms with Crippen LogP contribution in [0.1, 0.15) is 57.3 Å². The molecule has 0 aliphatic rings. The van der Waals surface area contributed by atoms with Gasteiger partial charge in [0.1, 0.15) is 0 Å². The third-order valence-electron chi connectivity index (χ3n) is 5.37. The molecule has 138 valence electrons. The molecule has 0 saturated heterocycles. The van der Waals surface area contributed by atoms with Crippen LogP contribution in [0.3, 0.4) is 0 Å². The van der Waals surface area contributed by atoms with Crippen LogP contribution in [0, 0.1) is 20.8 Å². The van der Waals surface area contributed by atoms with Gasteiger partial charge in [-0.25, -0.2) is 0 Å². The van der Waals surface area contributed by atoms with Gasteiger partial charge in [-0.1, -0.05) is 67.1 Å². The Morgan fingerprint density at radius 3 is 2.07 bits per heavy atom. The quantitative estimate of drug-likeness (QED) is 0.371. The van der Waals surface area contributed by atoms with E-state index in [-0.39, 0.29) is 5.92 Å². The molecule has 27 heavy (non-hydrogen) atoms. The molecule has 0 heterocycles. The molecule has 0 aromatic heterocycles. The molecule has 1 atom stereocenters. The second-order valence-electron chi connectivity index (χ2n) is 7.39. The lowest BCUT2D eigenvalue weighted by molar-refractivity contribution is 0.939. The van der Waals surface area contributed by atoms with E-state index in [0.29, 0.717) is 0 Å². The summed E-state index contributed by atoms with van der Waals surface area (Å²) in [6.07, 6.45) is 2.99. The van der Waals surface area contributed by atoms with Gasteiger partial charge in [-0.15, -0.1) is 0 Å². The van der Waals surface area contributed by atoms with Crippen molar-refractivity contribution < 1.29 is 0 Å². The minimum absolute atomic E-state index is 0.224. The van der Waals surface area contributed by atoms with Crippen LogP contribution in [-0.2, 0) is 6.42 Å². The Labute approximate surface area is 163 Å². The minimum atomic E-state index is 0.224. The highest BCUT2D eigenvalue weighted by Crippen LogP contribution is 2.36. The van der Waals surface area contributed by atoms with Crippen LogP contribution in [0.4, 0.5) is 0 Å². The van der Waals surface area contributed by atoms with Crippen LogP contribution in [-0.4, -0.2) is 13.3 Å². The summed E-state index contributed by atoms with van der Waals surface area (Å²) in [5.41, 5.74) is 10.6. The molecule has 0 aliphatic heterocycles. The van der Waals surface area contributed by atoms with Crippen molar-refractivity contribution >= 4 is 6.21 Å². The molecule has 0 amide bonds. The first-order valence-electron chi connectivity index (χ1n) is 9.72. The molecule has 0 bridgehead atoms. The zero-order chi connectivity index (χ0) is 19.4. The number of nitrogens with zero attached hydrogens (tertiary/aromatic N) is 1. The first-order chi connectivity index (χ1) is 13.0. The Morgan fingerprint density at radius 1 is 0.815 bits per heavy atom. The summed E-state index contributed by atoms with van der Waals surface area (Å²) in [4.78, 5) is 4.21. The van der Waals surface area contributed by atoms with Gasteiger partial charge >= 0.3 is 0 Å². The maximum absolute atomic E-state index is 4.21. The number of aliphatic imine (C=N–C) groups is 1. The lowest BCUT2D eigenvalue weighted by Crippen LogP contribution is -2.08. The van der Waals surface area contributed by atoms with Crippen LogP contribution in [0.15, 0.2) is 65.7 Å².